The lowest BCUT2D eigenvalue weighted by Gasteiger charge is -2.09. The number of benzene rings is 2. The quantitative estimate of drug-likeness (QED) is 0.0270. The van der Waals surface area contributed by atoms with E-state index >= 15 is 0 Å². The van der Waals surface area contributed by atoms with Crippen LogP contribution in [0.3, 0.4) is 0 Å². The molecule has 0 aliphatic rings. The van der Waals surface area contributed by atoms with Crippen LogP contribution in [0.1, 0.15) is 0 Å². The average Bonchev–Trinajstić information content (AvgIpc) is 3.06. The van der Waals surface area contributed by atoms with Crippen molar-refractivity contribution < 1.29 is 72.2 Å². The molecule has 0 bridgehead atoms. The molecule has 28 heteroatoms. The number of nitrogens with two attached hydrogens (primary N) is 2. The molecule has 7 N–H and O–H groups in total. The monoisotopic (exact) mass is 803 g/mol. The first-order chi connectivity index (χ1) is 23.6. The largest absolute Gasteiger partial charge is 0.494 e. The van der Waals surface area contributed by atoms with E-state index in [9.17, 15) is 29.8 Å². The van der Waals surface area contributed by atoms with Crippen molar-refractivity contribution in [2.75, 3.05) is 43.3 Å². The van der Waals surface area contributed by atoms with Gasteiger partial charge < -0.3 is 16.2 Å². The van der Waals surface area contributed by atoms with Gasteiger partial charge in [-0.25, -0.2) is 32.3 Å². The Labute approximate surface area is 291 Å². The fourth-order valence-electron chi connectivity index (χ4n) is 3.47. The molecule has 23 nitrogen and oxygen atoms in total. The summed E-state index contributed by atoms with van der Waals surface area (Å²) in [4.78, 5) is 2.28. The van der Waals surface area contributed by atoms with Gasteiger partial charge in [-0.1, -0.05) is 10.1 Å². The van der Waals surface area contributed by atoms with E-state index in [0.29, 0.717) is 6.07 Å². The Kier molecular flexibility index (Phi) is 15.2. The fourth-order valence-corrected chi connectivity index (χ4v) is 7.05. The van der Waals surface area contributed by atoms with Crippen LogP contribution >= 0.6 is 24.6 Å². The predicted molar refractivity (Wildman–Crippen MR) is 171 cm³/mol. The van der Waals surface area contributed by atoms with E-state index < -0.39 is 63.4 Å². The second-order valence-electron chi connectivity index (χ2n) is 8.84. The Morgan fingerprint density at radius 1 is 0.700 bits per heavy atom. The number of ether oxygens (including phenoxy) is 1. The summed E-state index contributed by atoms with van der Waals surface area (Å²) >= 11 is 0.345. The molecule has 0 radical (unpaired) electrons. The third kappa shape index (κ3) is 11.7. The first-order valence-electron chi connectivity index (χ1n) is 12.8. The minimum atomic E-state index is -5.05. The van der Waals surface area contributed by atoms with Crippen LogP contribution in [-0.2, 0) is 56.9 Å². The van der Waals surface area contributed by atoms with Crippen molar-refractivity contribution in [1.29, 1.82) is 0 Å². The first-order valence-corrected chi connectivity index (χ1v) is 18.9. The summed E-state index contributed by atoms with van der Waals surface area (Å²) < 4.78 is 107. The van der Waals surface area contributed by atoms with Gasteiger partial charge in [-0.05, 0) is 36.4 Å². The molecule has 0 aliphatic heterocycles. The SMILES string of the molecule is COc1ccc(S(=O)(=O)CCOSOOO)cc1/N=N/c1cc(/N=N/c2ccc(S(=O)(=O)CCOSOOO)cc2S(=O)(=O)O)c(N)nc1N. The van der Waals surface area contributed by atoms with Gasteiger partial charge in [0.25, 0.3) is 10.1 Å². The number of nitrogens with zero attached hydrogens (tertiary/aromatic N) is 5. The zero-order valence-electron chi connectivity index (χ0n) is 25.0. The summed E-state index contributed by atoms with van der Waals surface area (Å²) in [6.07, 6.45) is 0. The molecule has 1 aromatic heterocycles. The van der Waals surface area contributed by atoms with E-state index in [1.54, 1.807) is 0 Å². The van der Waals surface area contributed by atoms with Gasteiger partial charge in [0.1, 0.15) is 33.4 Å². The topological polar surface area (TPSA) is 342 Å². The number of rotatable bonds is 20. The predicted octanol–water partition coefficient (Wildman–Crippen LogP) is 3.88. The Morgan fingerprint density at radius 2 is 1.18 bits per heavy atom. The van der Waals surface area contributed by atoms with Crippen molar-refractivity contribution >= 4 is 88.8 Å². The molecule has 1 heterocycles. The van der Waals surface area contributed by atoms with Gasteiger partial charge in [0.05, 0.1) is 41.6 Å². The van der Waals surface area contributed by atoms with E-state index in [0.717, 1.165) is 24.3 Å². The number of methoxy groups -OCH3 is 1. The summed E-state index contributed by atoms with van der Waals surface area (Å²) in [6, 6.07) is 7.50. The summed E-state index contributed by atoms with van der Waals surface area (Å²) in [5, 5.41) is 38.3. The lowest BCUT2D eigenvalue weighted by atomic mass is 10.3. The lowest BCUT2D eigenvalue weighted by molar-refractivity contribution is -0.434. The molecular weight excluding hydrogens is 779 g/mol. The van der Waals surface area contributed by atoms with E-state index in [1.807, 2.05) is 0 Å². The standard InChI is InChI=1S/C22H25N7O16S5/c1-39-19-5-3-13(48(32,33)8-6-40-46-44-42-30)10-16(19)27-29-18-12-17(21(23)25-22(18)24)28-26-15-4-2-14(11-20(15)50(36,37)38)49(34,35)9-7-41-47-45-43-31/h2-5,10-12,30-31H,6-9H2,1H3,(H4,23,24,25)(H,36,37,38)/b28-26+,29-27+. The van der Waals surface area contributed by atoms with Crippen LogP contribution in [0, 0.1) is 0 Å². The zero-order valence-corrected chi connectivity index (χ0v) is 29.0. The Balaban J connectivity index is 1.90. The summed E-state index contributed by atoms with van der Waals surface area (Å²) in [5.41, 5.74) is 10.9. The molecule has 0 spiro atoms. The maximum absolute atomic E-state index is 12.7. The van der Waals surface area contributed by atoms with Crippen molar-refractivity contribution in [3.63, 3.8) is 0 Å². The maximum Gasteiger partial charge on any atom is 0.296 e. The van der Waals surface area contributed by atoms with Gasteiger partial charge in [0.2, 0.25) is 0 Å². The van der Waals surface area contributed by atoms with Crippen molar-refractivity contribution in [1.82, 2.24) is 4.98 Å². The molecule has 50 heavy (non-hydrogen) atoms. The molecule has 0 saturated carbocycles. The highest BCUT2D eigenvalue weighted by Crippen LogP contribution is 2.36. The highest BCUT2D eigenvalue weighted by molar-refractivity contribution is 7.92. The molecule has 0 amide bonds. The van der Waals surface area contributed by atoms with Crippen LogP contribution in [-0.4, -0.2) is 77.1 Å². The molecule has 0 saturated heterocycles. The smallest absolute Gasteiger partial charge is 0.296 e. The molecular formula is C22H25N7O16S5. The molecule has 274 valence electrons. The second-order valence-corrected chi connectivity index (χ2v) is 15.5. The number of aromatic nitrogens is 1. The number of pyridine rings is 1. The number of nitrogen functional groups attached to an aromatic ring is 2. The summed E-state index contributed by atoms with van der Waals surface area (Å²) in [6.45, 7) is -0.805. The van der Waals surface area contributed by atoms with Crippen molar-refractivity contribution in [2.24, 2.45) is 20.5 Å². The van der Waals surface area contributed by atoms with Gasteiger partial charge in [0, 0.05) is 6.07 Å². The number of azo groups is 2. The van der Waals surface area contributed by atoms with Crippen LogP contribution in [0.15, 0.2) is 77.6 Å². The van der Waals surface area contributed by atoms with Crippen molar-refractivity contribution in [3.05, 3.63) is 42.5 Å². The Hall–Kier alpha value is -3.62. The molecule has 0 fully saturated rings. The maximum atomic E-state index is 12.7. The second kappa shape index (κ2) is 18.6. The lowest BCUT2D eigenvalue weighted by Crippen LogP contribution is -2.12. The average molecular weight is 804 g/mol. The van der Waals surface area contributed by atoms with Gasteiger partial charge in [-0.3, -0.25) is 12.9 Å². The van der Waals surface area contributed by atoms with Crippen molar-refractivity contribution in [2.45, 2.75) is 14.7 Å². The van der Waals surface area contributed by atoms with Crippen LogP contribution in [0.4, 0.5) is 34.4 Å². The minimum Gasteiger partial charge on any atom is -0.494 e. The van der Waals surface area contributed by atoms with Crippen LogP contribution in [0.2, 0.25) is 0 Å². The third-order valence-corrected chi connectivity index (χ3v) is 10.7. The first kappa shape index (κ1) is 40.8. The number of sulfone groups is 2. The Morgan fingerprint density at radius 3 is 1.68 bits per heavy atom. The number of hydrogen-bond donors (Lipinski definition) is 5. The summed E-state index contributed by atoms with van der Waals surface area (Å²) in [5.74, 6) is -1.58. The highest BCUT2D eigenvalue weighted by atomic mass is 32.2. The van der Waals surface area contributed by atoms with Crippen LogP contribution < -0.4 is 16.2 Å². The molecule has 0 atom stereocenters. The molecule has 2 aromatic carbocycles. The zero-order chi connectivity index (χ0) is 37.0. The molecule has 0 unspecified atom stereocenters. The highest BCUT2D eigenvalue weighted by Gasteiger charge is 2.23. The van der Waals surface area contributed by atoms with Gasteiger partial charge in [0.15, 0.2) is 56.0 Å². The van der Waals surface area contributed by atoms with Crippen LogP contribution in [0.25, 0.3) is 0 Å². The third-order valence-electron chi connectivity index (χ3n) is 5.73. The molecule has 3 aromatic rings. The van der Waals surface area contributed by atoms with E-state index in [-0.39, 0.29) is 70.6 Å². The number of anilines is 2. The fraction of sp³-hybridized carbons (Fsp3) is 0.227. The Bertz CT molecular complexity index is 2030. The van der Waals surface area contributed by atoms with Gasteiger partial charge in [-0.2, -0.15) is 8.42 Å². The molecule has 0 aliphatic carbocycles. The van der Waals surface area contributed by atoms with Crippen LogP contribution in [0.5, 0.6) is 5.75 Å². The van der Waals surface area contributed by atoms with Gasteiger partial charge >= 0.3 is 0 Å². The van der Waals surface area contributed by atoms with Gasteiger partial charge in [-0.15, -0.1) is 29.1 Å². The normalized spacial score (nSPS) is 12.6. The summed E-state index contributed by atoms with van der Waals surface area (Å²) in [7, 11) is -11.8. The molecule has 3 rings (SSSR count). The number of hydrogen-bond acceptors (Lipinski definition) is 24. The minimum absolute atomic E-state index is 0.0501. The van der Waals surface area contributed by atoms with E-state index in [2.05, 4.69) is 44.2 Å². The van der Waals surface area contributed by atoms with E-state index in [4.69, 9.17) is 35.1 Å². The van der Waals surface area contributed by atoms with Crippen molar-refractivity contribution in [3.8, 4) is 5.75 Å². The van der Waals surface area contributed by atoms with E-state index in [1.165, 1.54) is 19.2 Å².